The number of hydrogen-bond acceptors (Lipinski definition) is 6. The van der Waals surface area contributed by atoms with Gasteiger partial charge in [0.2, 0.25) is 5.78 Å². The van der Waals surface area contributed by atoms with Gasteiger partial charge < -0.3 is 19.0 Å². The minimum atomic E-state index is -0.915. The second-order valence-electron chi connectivity index (χ2n) is 7.28. The summed E-state index contributed by atoms with van der Waals surface area (Å²) in [7, 11) is 0. The third-order valence-electron chi connectivity index (χ3n) is 5.16. The van der Waals surface area contributed by atoms with Crippen LogP contribution >= 0.6 is 0 Å². The summed E-state index contributed by atoms with van der Waals surface area (Å²) in [5, 5.41) is 4.70. The van der Waals surface area contributed by atoms with Gasteiger partial charge >= 0.3 is 5.97 Å². The molecule has 0 unspecified atom stereocenters. The summed E-state index contributed by atoms with van der Waals surface area (Å²) in [5.41, 5.74) is 3.37. The molecule has 31 heavy (non-hydrogen) atoms. The maximum atomic E-state index is 12.8. The monoisotopic (exact) mass is 418 g/mol. The first-order valence-electron chi connectivity index (χ1n) is 9.90. The van der Waals surface area contributed by atoms with Crippen LogP contribution in [0, 0.1) is 13.8 Å². The van der Waals surface area contributed by atoms with E-state index in [4.69, 9.17) is 14.0 Å². The number of ketones is 1. The summed E-state index contributed by atoms with van der Waals surface area (Å²) in [6, 6.07) is 14.1. The molecular formula is C24H22N2O5. The molecular weight excluding hydrogens is 396 g/mol. The van der Waals surface area contributed by atoms with E-state index in [1.54, 1.807) is 37.4 Å². The molecule has 2 heterocycles. The number of benzene rings is 2. The van der Waals surface area contributed by atoms with Crippen LogP contribution in [0.15, 0.2) is 59.3 Å². The van der Waals surface area contributed by atoms with Crippen LogP contribution < -0.4 is 4.74 Å². The number of rotatable bonds is 7. The van der Waals surface area contributed by atoms with Crippen LogP contribution in [0.4, 0.5) is 0 Å². The zero-order valence-corrected chi connectivity index (χ0v) is 17.5. The molecule has 1 N–H and O–H groups in total. The van der Waals surface area contributed by atoms with Crippen molar-refractivity contribution in [2.24, 2.45) is 0 Å². The molecule has 7 nitrogen and oxygen atoms in total. The van der Waals surface area contributed by atoms with E-state index in [0.29, 0.717) is 29.2 Å². The molecule has 4 rings (SSSR count). The first-order chi connectivity index (χ1) is 14.9. The van der Waals surface area contributed by atoms with Crippen LogP contribution in [0.3, 0.4) is 0 Å². The van der Waals surface area contributed by atoms with Gasteiger partial charge in [-0.15, -0.1) is 0 Å². The number of carbonyl (C=O) groups excluding carboxylic acids is 2. The van der Waals surface area contributed by atoms with E-state index >= 15 is 0 Å². The Labute approximate surface area is 179 Å². The molecule has 0 radical (unpaired) electrons. The van der Waals surface area contributed by atoms with Gasteiger partial charge in [-0.1, -0.05) is 23.4 Å². The van der Waals surface area contributed by atoms with Crippen LogP contribution in [-0.2, 0) is 11.3 Å². The Morgan fingerprint density at radius 3 is 2.55 bits per heavy atom. The van der Waals surface area contributed by atoms with Crippen molar-refractivity contribution in [1.82, 2.24) is 10.1 Å². The zero-order valence-electron chi connectivity index (χ0n) is 17.5. The molecule has 0 saturated heterocycles. The van der Waals surface area contributed by atoms with Crippen molar-refractivity contribution in [1.29, 1.82) is 0 Å². The van der Waals surface area contributed by atoms with Gasteiger partial charge in [-0.05, 0) is 51.1 Å². The number of carbonyl (C=O) groups is 2. The lowest BCUT2D eigenvalue weighted by atomic mass is 10.1. The molecule has 2 aromatic carbocycles. The van der Waals surface area contributed by atoms with E-state index in [2.05, 4.69) is 10.1 Å². The number of hydrogen-bond donors (Lipinski definition) is 1. The number of esters is 1. The molecule has 158 valence electrons. The highest BCUT2D eigenvalue weighted by Crippen LogP contribution is 2.21. The van der Waals surface area contributed by atoms with E-state index in [1.165, 1.54) is 0 Å². The van der Waals surface area contributed by atoms with E-state index in [0.717, 1.165) is 22.2 Å². The fourth-order valence-corrected chi connectivity index (χ4v) is 3.33. The Kier molecular flexibility index (Phi) is 5.58. The summed E-state index contributed by atoms with van der Waals surface area (Å²) < 4.78 is 16.3. The third-order valence-corrected chi connectivity index (χ3v) is 5.16. The van der Waals surface area contributed by atoms with Crippen molar-refractivity contribution < 1.29 is 23.6 Å². The molecule has 0 amide bonds. The number of aromatic amines is 1. The quantitative estimate of drug-likeness (QED) is 0.343. The topological polar surface area (TPSA) is 94.4 Å². The maximum absolute atomic E-state index is 12.8. The highest BCUT2D eigenvalue weighted by Gasteiger charge is 2.23. The molecule has 1 atom stereocenters. The Morgan fingerprint density at radius 2 is 1.84 bits per heavy atom. The van der Waals surface area contributed by atoms with Gasteiger partial charge in [-0.25, -0.2) is 4.79 Å². The average Bonchev–Trinajstić information content (AvgIpc) is 3.35. The standard InChI is InChI=1S/C24H22N2O5/c1-14-21(15(2)31-26-14)13-29-18-10-8-17(9-11-18)24(28)30-16(3)23(27)20-12-25-22-7-5-4-6-19(20)22/h4-12,16,25H,13H2,1-3H3/t16-/m0/s1. The molecule has 2 aromatic heterocycles. The number of aryl methyl sites for hydroxylation is 2. The van der Waals surface area contributed by atoms with Gasteiger partial charge in [-0.3, -0.25) is 4.79 Å². The van der Waals surface area contributed by atoms with Gasteiger partial charge in [0.05, 0.1) is 16.8 Å². The Balaban J connectivity index is 1.38. The van der Waals surface area contributed by atoms with Crippen molar-refractivity contribution in [3.63, 3.8) is 0 Å². The van der Waals surface area contributed by atoms with Crippen LogP contribution in [0.1, 0.15) is 44.7 Å². The van der Waals surface area contributed by atoms with Gasteiger partial charge in [0.1, 0.15) is 18.1 Å². The van der Waals surface area contributed by atoms with Crippen LogP contribution in [0.2, 0.25) is 0 Å². The van der Waals surface area contributed by atoms with Crippen molar-refractivity contribution in [2.45, 2.75) is 33.5 Å². The number of nitrogens with one attached hydrogen (secondary N) is 1. The highest BCUT2D eigenvalue weighted by atomic mass is 16.5. The lowest BCUT2D eigenvalue weighted by Gasteiger charge is -2.12. The first-order valence-corrected chi connectivity index (χ1v) is 9.90. The molecule has 0 aliphatic heterocycles. The summed E-state index contributed by atoms with van der Waals surface area (Å²) >= 11 is 0. The van der Waals surface area contributed by atoms with Crippen molar-refractivity contribution in [3.8, 4) is 5.75 Å². The molecule has 0 fully saturated rings. The number of ether oxygens (including phenoxy) is 2. The number of nitrogens with zero attached hydrogens (tertiary/aromatic N) is 1. The maximum Gasteiger partial charge on any atom is 0.338 e. The third kappa shape index (κ3) is 4.21. The van der Waals surface area contributed by atoms with Crippen molar-refractivity contribution in [2.75, 3.05) is 0 Å². The molecule has 0 bridgehead atoms. The SMILES string of the molecule is Cc1noc(C)c1COc1ccc(C(=O)O[C@@H](C)C(=O)c2c[nH]c3ccccc23)cc1. The summed E-state index contributed by atoms with van der Waals surface area (Å²) in [4.78, 5) is 28.3. The number of Topliss-reactive ketones (excluding diaryl/α,β-unsaturated/α-hetero) is 1. The fourth-order valence-electron chi connectivity index (χ4n) is 3.33. The number of aromatic nitrogens is 2. The molecule has 7 heteroatoms. The van der Waals surface area contributed by atoms with Crippen molar-refractivity contribution in [3.05, 3.63) is 82.9 Å². The average molecular weight is 418 g/mol. The second kappa shape index (κ2) is 8.47. The Hall–Kier alpha value is -3.87. The highest BCUT2D eigenvalue weighted by molar-refractivity contribution is 6.10. The second-order valence-corrected chi connectivity index (χ2v) is 7.28. The molecule has 0 aliphatic carbocycles. The van der Waals surface area contributed by atoms with E-state index in [9.17, 15) is 9.59 Å². The van der Waals surface area contributed by atoms with Gasteiger partial charge in [-0.2, -0.15) is 0 Å². The van der Waals surface area contributed by atoms with E-state index < -0.39 is 12.1 Å². The molecule has 4 aromatic rings. The zero-order chi connectivity index (χ0) is 22.0. The van der Waals surface area contributed by atoms with Gasteiger partial charge in [0.15, 0.2) is 6.10 Å². The molecule has 0 spiro atoms. The molecule has 0 aliphatic rings. The van der Waals surface area contributed by atoms with Crippen LogP contribution in [0.25, 0.3) is 10.9 Å². The first kappa shape index (κ1) is 20.4. The minimum Gasteiger partial charge on any atom is -0.489 e. The lowest BCUT2D eigenvalue weighted by molar-refractivity contribution is 0.0319. The van der Waals surface area contributed by atoms with E-state index in [-0.39, 0.29) is 5.78 Å². The lowest BCUT2D eigenvalue weighted by Crippen LogP contribution is -2.24. The number of para-hydroxylation sites is 1. The largest absolute Gasteiger partial charge is 0.489 e. The summed E-state index contributed by atoms with van der Waals surface area (Å²) in [5.74, 6) is 0.481. The van der Waals surface area contributed by atoms with Crippen molar-refractivity contribution >= 4 is 22.7 Å². The van der Waals surface area contributed by atoms with Gasteiger partial charge in [0.25, 0.3) is 0 Å². The predicted molar refractivity (Wildman–Crippen MR) is 114 cm³/mol. The fraction of sp³-hybridized carbons (Fsp3) is 0.208. The smallest absolute Gasteiger partial charge is 0.338 e. The molecule has 0 saturated carbocycles. The Morgan fingerprint density at radius 1 is 1.10 bits per heavy atom. The number of H-pyrrole nitrogens is 1. The minimum absolute atomic E-state index is 0.259. The summed E-state index contributed by atoms with van der Waals surface area (Å²) in [6.45, 7) is 5.58. The predicted octanol–water partition coefficient (Wildman–Crippen LogP) is 4.78. The van der Waals surface area contributed by atoms with Crippen LogP contribution in [0.5, 0.6) is 5.75 Å². The van der Waals surface area contributed by atoms with Gasteiger partial charge in [0, 0.05) is 22.7 Å². The van der Waals surface area contributed by atoms with E-state index in [1.807, 2.05) is 38.1 Å². The Bertz CT molecular complexity index is 1220. The normalized spacial score (nSPS) is 12.0. The van der Waals surface area contributed by atoms with Crippen LogP contribution in [-0.4, -0.2) is 28.0 Å². The summed E-state index contributed by atoms with van der Waals surface area (Å²) in [6.07, 6.45) is 0.727. The number of fused-ring (bicyclic) bond motifs is 1.